The first-order valence-corrected chi connectivity index (χ1v) is 9.65. The van der Waals surface area contributed by atoms with Crippen LogP contribution in [0.4, 0.5) is 18.3 Å². The van der Waals surface area contributed by atoms with Crippen LogP contribution in [0.2, 0.25) is 0 Å². The van der Waals surface area contributed by atoms with Crippen LogP contribution in [0.3, 0.4) is 0 Å². The molecule has 1 aliphatic heterocycles. The maximum absolute atomic E-state index is 12.8. The summed E-state index contributed by atoms with van der Waals surface area (Å²) in [5, 5.41) is 11.8. The van der Waals surface area contributed by atoms with E-state index in [9.17, 15) is 22.8 Å². The van der Waals surface area contributed by atoms with Crippen LogP contribution in [0.5, 0.6) is 0 Å². The average Bonchev–Trinajstić information content (AvgIpc) is 3.22. The third-order valence-corrected chi connectivity index (χ3v) is 5.27. The van der Waals surface area contributed by atoms with Crippen molar-refractivity contribution in [1.82, 2.24) is 15.1 Å². The number of nitrogens with zero attached hydrogens (tertiary/aromatic N) is 3. The van der Waals surface area contributed by atoms with Gasteiger partial charge in [0.2, 0.25) is 16.9 Å². The first-order valence-electron chi connectivity index (χ1n) is 8.83. The van der Waals surface area contributed by atoms with Crippen LogP contribution in [-0.4, -0.2) is 33.5 Å². The summed E-state index contributed by atoms with van der Waals surface area (Å²) in [4.78, 5) is 26.0. The highest BCUT2D eigenvalue weighted by Gasteiger charge is 2.35. The van der Waals surface area contributed by atoms with Crippen molar-refractivity contribution in [3.8, 4) is 0 Å². The number of hydrogen-bond donors (Lipinski definition) is 1. The molecule has 0 saturated carbocycles. The summed E-state index contributed by atoms with van der Waals surface area (Å²) in [5.41, 5.74) is -0.386. The number of amides is 2. The molecule has 0 radical (unpaired) electrons. The van der Waals surface area contributed by atoms with Gasteiger partial charge < -0.3 is 10.2 Å². The third-order valence-electron chi connectivity index (χ3n) is 4.37. The van der Waals surface area contributed by atoms with Crippen LogP contribution in [0.1, 0.15) is 35.9 Å². The first kappa shape index (κ1) is 20.2. The minimum Gasteiger partial charge on any atom is -0.338 e. The van der Waals surface area contributed by atoms with E-state index in [1.165, 1.54) is 28.4 Å². The van der Waals surface area contributed by atoms with E-state index >= 15 is 0 Å². The fourth-order valence-electron chi connectivity index (χ4n) is 2.99. The number of aromatic nitrogens is 2. The average molecular weight is 412 g/mol. The molecule has 1 fully saturated rings. The Kier molecular flexibility index (Phi) is 5.97. The number of aryl methyl sites for hydroxylation is 1. The predicted octanol–water partition coefficient (Wildman–Crippen LogP) is 3.50. The molecule has 1 saturated heterocycles. The number of benzene rings is 1. The normalized spacial score (nSPS) is 17.2. The Labute approximate surface area is 163 Å². The van der Waals surface area contributed by atoms with E-state index in [4.69, 9.17) is 0 Å². The minimum atomic E-state index is -4.44. The maximum atomic E-state index is 12.8. The lowest BCUT2D eigenvalue weighted by atomic mass is 10.1. The SMILES string of the molecule is CCCc1nnc(NC(=O)[C@@H]2CC(=O)N(Cc3cccc(C(F)(F)F)c3)C2)s1. The molecular weight excluding hydrogens is 393 g/mol. The van der Waals surface area contributed by atoms with Crippen LogP contribution in [0.25, 0.3) is 0 Å². The van der Waals surface area contributed by atoms with E-state index in [0.717, 1.165) is 30.0 Å². The molecule has 10 heteroatoms. The Balaban J connectivity index is 1.60. The van der Waals surface area contributed by atoms with Crippen LogP contribution in [0.15, 0.2) is 24.3 Å². The molecule has 0 spiro atoms. The van der Waals surface area contributed by atoms with E-state index in [0.29, 0.717) is 10.7 Å². The molecule has 28 heavy (non-hydrogen) atoms. The molecule has 1 N–H and O–H groups in total. The Bertz CT molecular complexity index is 869. The van der Waals surface area contributed by atoms with E-state index in [1.807, 2.05) is 6.92 Å². The van der Waals surface area contributed by atoms with Crippen LogP contribution in [-0.2, 0) is 28.7 Å². The van der Waals surface area contributed by atoms with E-state index in [2.05, 4.69) is 15.5 Å². The van der Waals surface area contributed by atoms with Gasteiger partial charge in [-0.3, -0.25) is 9.59 Å². The van der Waals surface area contributed by atoms with Gasteiger partial charge in [-0.05, 0) is 24.1 Å². The molecule has 1 aromatic carbocycles. The van der Waals surface area contributed by atoms with Crippen molar-refractivity contribution in [2.24, 2.45) is 5.92 Å². The van der Waals surface area contributed by atoms with Gasteiger partial charge in [-0.1, -0.05) is 30.4 Å². The second-order valence-corrected chi connectivity index (χ2v) is 7.68. The third kappa shape index (κ3) is 4.86. The fourth-order valence-corrected chi connectivity index (χ4v) is 3.84. The number of nitrogens with one attached hydrogen (secondary N) is 1. The number of carbonyl (C=O) groups excluding carboxylic acids is 2. The molecular formula is C18H19F3N4O2S. The molecule has 2 aromatic rings. The zero-order chi connectivity index (χ0) is 20.3. The smallest absolute Gasteiger partial charge is 0.338 e. The highest BCUT2D eigenvalue weighted by molar-refractivity contribution is 7.15. The number of likely N-dealkylation sites (tertiary alicyclic amines) is 1. The molecule has 0 aliphatic carbocycles. The Hall–Kier alpha value is -2.49. The number of carbonyl (C=O) groups is 2. The Morgan fingerprint density at radius 3 is 2.86 bits per heavy atom. The lowest BCUT2D eigenvalue weighted by molar-refractivity contribution is -0.137. The van der Waals surface area contributed by atoms with E-state index in [1.54, 1.807) is 0 Å². The topological polar surface area (TPSA) is 75.2 Å². The number of rotatable bonds is 6. The largest absolute Gasteiger partial charge is 0.416 e. The van der Waals surface area contributed by atoms with Crippen molar-refractivity contribution in [3.63, 3.8) is 0 Å². The quantitative estimate of drug-likeness (QED) is 0.788. The molecule has 1 atom stereocenters. The van der Waals surface area contributed by atoms with Crippen molar-refractivity contribution in [2.75, 3.05) is 11.9 Å². The lowest BCUT2D eigenvalue weighted by Crippen LogP contribution is -2.28. The molecule has 2 heterocycles. The van der Waals surface area contributed by atoms with Gasteiger partial charge in [0.15, 0.2) is 0 Å². The molecule has 1 aliphatic rings. The predicted molar refractivity (Wildman–Crippen MR) is 97.5 cm³/mol. The fraction of sp³-hybridized carbons (Fsp3) is 0.444. The first-order chi connectivity index (χ1) is 13.3. The summed E-state index contributed by atoms with van der Waals surface area (Å²) >= 11 is 1.29. The van der Waals surface area contributed by atoms with Crippen molar-refractivity contribution in [3.05, 3.63) is 40.4 Å². The standard InChI is InChI=1S/C18H19F3N4O2S/c1-2-4-14-23-24-17(28-14)22-16(27)12-8-15(26)25(10-12)9-11-5-3-6-13(7-11)18(19,20)21/h3,5-7,12H,2,4,8-10H2,1H3,(H,22,24,27)/t12-/m1/s1. The van der Waals surface area contributed by atoms with Crippen molar-refractivity contribution < 1.29 is 22.8 Å². The number of anilines is 1. The molecule has 6 nitrogen and oxygen atoms in total. The molecule has 0 unspecified atom stereocenters. The summed E-state index contributed by atoms with van der Waals surface area (Å²) in [6, 6.07) is 4.86. The Morgan fingerprint density at radius 2 is 2.14 bits per heavy atom. The van der Waals surface area contributed by atoms with Crippen molar-refractivity contribution >= 4 is 28.3 Å². The summed E-state index contributed by atoms with van der Waals surface area (Å²) in [6.07, 6.45) is -2.72. The van der Waals surface area contributed by atoms with E-state index < -0.39 is 17.7 Å². The van der Waals surface area contributed by atoms with Gasteiger partial charge in [-0.15, -0.1) is 10.2 Å². The second kappa shape index (κ2) is 8.26. The molecule has 1 aromatic heterocycles. The molecule has 2 amide bonds. The van der Waals surface area contributed by atoms with Gasteiger partial charge in [-0.2, -0.15) is 13.2 Å². The number of halogens is 3. The minimum absolute atomic E-state index is 0.0193. The number of alkyl halides is 3. The Morgan fingerprint density at radius 1 is 1.36 bits per heavy atom. The van der Waals surface area contributed by atoms with Crippen molar-refractivity contribution in [2.45, 2.75) is 38.9 Å². The number of hydrogen-bond acceptors (Lipinski definition) is 5. The summed E-state index contributed by atoms with van der Waals surface area (Å²) in [5.74, 6) is -1.17. The maximum Gasteiger partial charge on any atom is 0.416 e. The van der Waals surface area contributed by atoms with Gasteiger partial charge in [0, 0.05) is 25.9 Å². The molecule has 0 bridgehead atoms. The van der Waals surface area contributed by atoms with Gasteiger partial charge in [0.05, 0.1) is 11.5 Å². The summed E-state index contributed by atoms with van der Waals surface area (Å²) < 4.78 is 38.5. The summed E-state index contributed by atoms with van der Waals surface area (Å²) in [6.45, 7) is 2.20. The molecule has 3 rings (SSSR count). The van der Waals surface area contributed by atoms with Gasteiger partial charge >= 0.3 is 6.18 Å². The highest BCUT2D eigenvalue weighted by Crippen LogP contribution is 2.30. The van der Waals surface area contributed by atoms with Gasteiger partial charge in [-0.25, -0.2) is 0 Å². The van der Waals surface area contributed by atoms with Gasteiger partial charge in [0.25, 0.3) is 0 Å². The van der Waals surface area contributed by atoms with Crippen LogP contribution in [0, 0.1) is 5.92 Å². The van der Waals surface area contributed by atoms with Crippen LogP contribution >= 0.6 is 11.3 Å². The zero-order valence-corrected chi connectivity index (χ0v) is 15.9. The van der Waals surface area contributed by atoms with Gasteiger partial charge in [0.1, 0.15) is 5.01 Å². The van der Waals surface area contributed by atoms with Crippen LogP contribution < -0.4 is 5.32 Å². The van der Waals surface area contributed by atoms with Crippen molar-refractivity contribution in [1.29, 1.82) is 0 Å². The molecule has 150 valence electrons. The summed E-state index contributed by atoms with van der Waals surface area (Å²) in [7, 11) is 0. The second-order valence-electron chi connectivity index (χ2n) is 6.61. The highest BCUT2D eigenvalue weighted by atomic mass is 32.1. The lowest BCUT2D eigenvalue weighted by Gasteiger charge is -2.17. The van der Waals surface area contributed by atoms with E-state index in [-0.39, 0.29) is 31.3 Å². The monoisotopic (exact) mass is 412 g/mol. The zero-order valence-electron chi connectivity index (χ0n) is 15.1.